The number of nitrogens with two attached hydrogens (primary N) is 2. The number of nitrogen functional groups attached to an aromatic ring is 2. The molecule has 1 rings (SSSR count). The second-order valence-corrected chi connectivity index (χ2v) is 4.12. The molecule has 0 aliphatic carbocycles. The Balaban J connectivity index is 2.31. The molecular weight excluding hydrogens is 214 g/mol. The van der Waals surface area contributed by atoms with Crippen molar-refractivity contribution in [2.45, 2.75) is 33.1 Å². The average molecular weight is 237 g/mol. The molecule has 0 fully saturated rings. The monoisotopic (exact) mass is 237 g/mol. The van der Waals surface area contributed by atoms with E-state index in [1.165, 1.54) is 6.42 Å². The Hall–Kier alpha value is -1.36. The van der Waals surface area contributed by atoms with Gasteiger partial charge in [-0.2, -0.15) is 4.98 Å². The molecule has 17 heavy (non-hydrogen) atoms. The standard InChI is InChI=1S/C12H23N5/c1-3-17(4-2)8-6-5-7-10-9-15-12(14)16-11(10)13/h9H,3-8H2,1-2H3,(H4,13,14,15,16). The molecule has 5 heteroatoms. The minimum Gasteiger partial charge on any atom is -0.383 e. The van der Waals surface area contributed by atoms with Gasteiger partial charge in [0.2, 0.25) is 5.95 Å². The van der Waals surface area contributed by atoms with Crippen LogP contribution in [-0.4, -0.2) is 34.5 Å². The summed E-state index contributed by atoms with van der Waals surface area (Å²) in [6.07, 6.45) is 4.93. The highest BCUT2D eigenvalue weighted by Crippen LogP contribution is 2.11. The zero-order valence-electron chi connectivity index (χ0n) is 10.8. The first-order valence-corrected chi connectivity index (χ1v) is 6.26. The molecule has 0 saturated heterocycles. The lowest BCUT2D eigenvalue weighted by Crippen LogP contribution is -2.24. The molecule has 0 aliphatic heterocycles. The van der Waals surface area contributed by atoms with Gasteiger partial charge in [0.1, 0.15) is 5.82 Å². The maximum absolute atomic E-state index is 5.77. The van der Waals surface area contributed by atoms with E-state index in [1.54, 1.807) is 6.20 Å². The van der Waals surface area contributed by atoms with Crippen molar-refractivity contribution >= 4 is 11.8 Å². The van der Waals surface area contributed by atoms with E-state index in [2.05, 4.69) is 28.7 Å². The van der Waals surface area contributed by atoms with E-state index >= 15 is 0 Å². The molecular formula is C12H23N5. The molecule has 5 nitrogen and oxygen atoms in total. The van der Waals surface area contributed by atoms with Crippen LogP contribution in [0.5, 0.6) is 0 Å². The van der Waals surface area contributed by atoms with Gasteiger partial charge in [-0.25, -0.2) is 4.98 Å². The van der Waals surface area contributed by atoms with Crippen molar-refractivity contribution in [2.24, 2.45) is 0 Å². The van der Waals surface area contributed by atoms with Crippen LogP contribution in [0.3, 0.4) is 0 Å². The number of hydrogen-bond donors (Lipinski definition) is 2. The molecule has 1 aromatic rings. The first-order valence-electron chi connectivity index (χ1n) is 6.26. The van der Waals surface area contributed by atoms with Gasteiger partial charge in [-0.05, 0) is 38.9 Å². The van der Waals surface area contributed by atoms with E-state index in [4.69, 9.17) is 11.5 Å². The first-order chi connectivity index (χ1) is 8.17. The predicted molar refractivity (Wildman–Crippen MR) is 71.6 cm³/mol. The van der Waals surface area contributed by atoms with Crippen molar-refractivity contribution in [2.75, 3.05) is 31.1 Å². The fourth-order valence-electron chi connectivity index (χ4n) is 1.82. The number of aryl methyl sites for hydroxylation is 1. The van der Waals surface area contributed by atoms with E-state index in [0.717, 1.165) is 38.0 Å². The molecule has 0 aliphatic rings. The van der Waals surface area contributed by atoms with Crippen molar-refractivity contribution in [3.8, 4) is 0 Å². The van der Waals surface area contributed by atoms with E-state index in [9.17, 15) is 0 Å². The summed E-state index contributed by atoms with van der Waals surface area (Å²) in [5, 5.41) is 0. The third kappa shape index (κ3) is 4.56. The normalized spacial score (nSPS) is 11.0. The van der Waals surface area contributed by atoms with E-state index in [1.807, 2.05) is 0 Å². The maximum Gasteiger partial charge on any atom is 0.221 e. The third-order valence-corrected chi connectivity index (χ3v) is 2.98. The van der Waals surface area contributed by atoms with Crippen LogP contribution in [0.15, 0.2) is 6.20 Å². The van der Waals surface area contributed by atoms with Gasteiger partial charge >= 0.3 is 0 Å². The maximum atomic E-state index is 5.77. The van der Waals surface area contributed by atoms with Gasteiger partial charge < -0.3 is 16.4 Å². The van der Waals surface area contributed by atoms with Crippen LogP contribution in [0.25, 0.3) is 0 Å². The van der Waals surface area contributed by atoms with Gasteiger partial charge in [-0.15, -0.1) is 0 Å². The number of unbranched alkanes of at least 4 members (excludes halogenated alkanes) is 1. The third-order valence-electron chi connectivity index (χ3n) is 2.98. The zero-order chi connectivity index (χ0) is 12.7. The molecule has 96 valence electrons. The van der Waals surface area contributed by atoms with Crippen LogP contribution in [0, 0.1) is 0 Å². The molecule has 0 bridgehead atoms. The fraction of sp³-hybridized carbons (Fsp3) is 0.667. The molecule has 0 atom stereocenters. The topological polar surface area (TPSA) is 81.1 Å². The number of rotatable bonds is 7. The Morgan fingerprint density at radius 3 is 2.47 bits per heavy atom. The lowest BCUT2D eigenvalue weighted by molar-refractivity contribution is 0.297. The Labute approximate surface area is 103 Å². The van der Waals surface area contributed by atoms with E-state index < -0.39 is 0 Å². The number of anilines is 2. The van der Waals surface area contributed by atoms with Crippen LogP contribution >= 0.6 is 0 Å². The Morgan fingerprint density at radius 1 is 1.18 bits per heavy atom. The van der Waals surface area contributed by atoms with Crippen molar-refractivity contribution < 1.29 is 0 Å². The molecule has 1 heterocycles. The van der Waals surface area contributed by atoms with E-state index in [0.29, 0.717) is 5.82 Å². The molecule has 0 saturated carbocycles. The largest absolute Gasteiger partial charge is 0.383 e. The van der Waals surface area contributed by atoms with Crippen LogP contribution in [0.2, 0.25) is 0 Å². The zero-order valence-corrected chi connectivity index (χ0v) is 10.8. The quantitative estimate of drug-likeness (QED) is 0.699. The summed E-state index contributed by atoms with van der Waals surface area (Å²) in [5.74, 6) is 0.759. The van der Waals surface area contributed by atoms with Gasteiger partial charge in [0.25, 0.3) is 0 Å². The Morgan fingerprint density at radius 2 is 1.88 bits per heavy atom. The summed E-state index contributed by atoms with van der Waals surface area (Å²) < 4.78 is 0. The molecule has 1 aromatic heterocycles. The minimum atomic E-state index is 0.245. The van der Waals surface area contributed by atoms with E-state index in [-0.39, 0.29) is 5.95 Å². The van der Waals surface area contributed by atoms with Gasteiger partial charge in [0, 0.05) is 11.8 Å². The highest BCUT2D eigenvalue weighted by molar-refractivity contribution is 5.41. The van der Waals surface area contributed by atoms with Crippen LogP contribution in [0.1, 0.15) is 32.3 Å². The molecule has 0 spiro atoms. The highest BCUT2D eigenvalue weighted by atomic mass is 15.1. The summed E-state index contributed by atoms with van der Waals surface area (Å²) in [6.45, 7) is 7.75. The Bertz CT molecular complexity index is 336. The molecule has 0 radical (unpaired) electrons. The summed E-state index contributed by atoms with van der Waals surface area (Å²) in [5.41, 5.74) is 12.2. The van der Waals surface area contributed by atoms with Gasteiger partial charge in [-0.1, -0.05) is 13.8 Å². The van der Waals surface area contributed by atoms with Gasteiger partial charge in [-0.3, -0.25) is 0 Å². The number of hydrogen-bond acceptors (Lipinski definition) is 5. The molecule has 0 unspecified atom stereocenters. The molecule has 0 aromatic carbocycles. The van der Waals surface area contributed by atoms with Gasteiger partial charge in [0.15, 0.2) is 0 Å². The molecule has 0 amide bonds. The first kappa shape index (κ1) is 13.7. The van der Waals surface area contributed by atoms with Crippen molar-refractivity contribution in [1.29, 1.82) is 0 Å². The van der Waals surface area contributed by atoms with Gasteiger partial charge in [0.05, 0.1) is 0 Å². The summed E-state index contributed by atoms with van der Waals surface area (Å²) in [7, 11) is 0. The number of aromatic nitrogens is 2. The second-order valence-electron chi connectivity index (χ2n) is 4.12. The summed E-state index contributed by atoms with van der Waals surface area (Å²) in [4.78, 5) is 10.3. The van der Waals surface area contributed by atoms with Crippen molar-refractivity contribution in [1.82, 2.24) is 14.9 Å². The lowest BCUT2D eigenvalue weighted by atomic mass is 10.1. The lowest BCUT2D eigenvalue weighted by Gasteiger charge is -2.17. The summed E-state index contributed by atoms with van der Waals surface area (Å²) >= 11 is 0. The molecule has 4 N–H and O–H groups in total. The summed E-state index contributed by atoms with van der Waals surface area (Å²) in [6, 6.07) is 0. The smallest absolute Gasteiger partial charge is 0.221 e. The average Bonchev–Trinajstić information content (AvgIpc) is 2.32. The second kappa shape index (κ2) is 7.06. The fourth-order valence-corrected chi connectivity index (χ4v) is 1.82. The van der Waals surface area contributed by atoms with Crippen LogP contribution < -0.4 is 11.5 Å². The highest BCUT2D eigenvalue weighted by Gasteiger charge is 2.03. The van der Waals surface area contributed by atoms with Crippen molar-refractivity contribution in [3.05, 3.63) is 11.8 Å². The predicted octanol–water partition coefficient (Wildman–Crippen LogP) is 1.31. The number of nitrogens with zero attached hydrogens (tertiary/aromatic N) is 3. The van der Waals surface area contributed by atoms with Crippen LogP contribution in [0.4, 0.5) is 11.8 Å². The van der Waals surface area contributed by atoms with Crippen LogP contribution in [-0.2, 0) is 6.42 Å². The SMILES string of the molecule is CCN(CC)CCCCc1cnc(N)nc1N. The van der Waals surface area contributed by atoms with Crippen molar-refractivity contribution in [3.63, 3.8) is 0 Å². The Kier molecular flexibility index (Phi) is 5.69. The minimum absolute atomic E-state index is 0.245.